The van der Waals surface area contributed by atoms with Crippen molar-refractivity contribution in [3.63, 3.8) is 0 Å². The minimum absolute atomic E-state index is 0. The maximum atomic E-state index is 15.6. The maximum Gasteiger partial charge on any atom is 0.338 e. The Bertz CT molecular complexity index is 5010. The zero-order valence-corrected chi connectivity index (χ0v) is 83.0. The molecule has 0 aromatic heterocycles. The summed E-state index contributed by atoms with van der Waals surface area (Å²) in [5.74, 6) is -5.68. The number of methoxy groups -OCH3 is 9. The molecule has 6 aromatic rings. The Balaban J connectivity index is 0.000000757. The predicted octanol–water partition coefficient (Wildman–Crippen LogP) is 11.7. The number of azide groups is 2. The van der Waals surface area contributed by atoms with E-state index in [-0.39, 0.29) is 74.3 Å². The van der Waals surface area contributed by atoms with Gasteiger partial charge in [0.15, 0.2) is 49.8 Å². The molecular formula is C99H128Cl3N7O36. The van der Waals surface area contributed by atoms with Crippen LogP contribution in [0.5, 0.6) is 0 Å². The number of ether oxygens (including phenoxy) is 30. The molecule has 1 N–H and O–H groups in total. The first-order chi connectivity index (χ1) is 69.1. The standard InChI is InChI=1S/C85H103N3O30.C12H17Cl3N4O6.2CH4/c1-50(89)102-48-60-63(94-4)66(95-5)62(87-88-86)81(110-60)115-71-67(96-6)75(98-8)84(117-73(71)79(92)107-45-57-37-25-15-26-38-57)114-65-61(49-103-51(2)90)112-85(78(70(65)109-52(3)91)106-44-56-35-23-14-24-36-56)116-72-68(97-7)76(99-9)83(118-74(72)80(93)108-46-58-39-27-16-28-40-58)113-64-59(47-101-41-53-29-17-11-18-30-53)111-82(100-10)77(105-43-55-33-21-13-22-34-55)69(64)104-42-54-31-19-12-20-32-54;1-5(20)23-4-6-8(21-2)9(22-3)7(18-19-17)10(24-6)25-11(16)12(13,14)15;;/h11-40,59-78,81-85H,41-49H2,1-10H3;6-10,16H,4H2,1-3H3;2*1H4/t59?,60?,61-,62?,63+,64+,65+,66+,67-,68?,69-,70?,71-,72-,73?,74+,75?,76?,77?,78?,81-,82-,83-,84+,85+;6?,7?,8-,9-,10?;;/m01../s1. The number of hydrogen-bond donors (Lipinski definition) is 1. The van der Waals surface area contributed by atoms with Gasteiger partial charge in [-0.1, -0.05) is 242 Å². The molecular weight excluding hydrogens is 1970 g/mol. The summed E-state index contributed by atoms with van der Waals surface area (Å²) in [5.41, 5.74) is 23.1. The number of halogens is 3. The first-order valence-electron chi connectivity index (χ1n) is 45.4. The van der Waals surface area contributed by atoms with Gasteiger partial charge < -0.3 is 142 Å². The first-order valence-corrected chi connectivity index (χ1v) is 46.5. The third-order valence-corrected chi connectivity index (χ3v) is 24.2. The van der Waals surface area contributed by atoms with E-state index in [0.29, 0.717) is 16.7 Å². The van der Waals surface area contributed by atoms with Gasteiger partial charge in [-0.15, -0.1) is 0 Å². The largest absolute Gasteiger partial charge is 0.463 e. The summed E-state index contributed by atoms with van der Waals surface area (Å²) in [5, 5.41) is 15.2. The topological polar surface area (TPSA) is 501 Å². The van der Waals surface area contributed by atoms with Crippen molar-refractivity contribution in [1.82, 2.24) is 0 Å². The van der Waals surface area contributed by atoms with Gasteiger partial charge in [0.25, 0.3) is 3.79 Å². The van der Waals surface area contributed by atoms with Gasteiger partial charge in [0.1, 0.15) is 155 Å². The van der Waals surface area contributed by atoms with Gasteiger partial charge in [0.2, 0.25) is 12.2 Å². The van der Waals surface area contributed by atoms with Crippen LogP contribution in [-0.4, -0.2) is 320 Å². The molecule has 796 valence electrons. The van der Waals surface area contributed by atoms with Gasteiger partial charge in [0.05, 0.1) is 39.1 Å². The summed E-state index contributed by atoms with van der Waals surface area (Å²) < 4.78 is 187. The summed E-state index contributed by atoms with van der Waals surface area (Å²) in [6.07, 6.45) is -38.9. The first kappa shape index (κ1) is 119. The zero-order chi connectivity index (χ0) is 103. The molecule has 6 aliphatic heterocycles. The molecule has 6 heterocycles. The summed E-state index contributed by atoms with van der Waals surface area (Å²) in [6.45, 7) is 2.83. The number of carbonyl (C=O) groups excluding carboxylic acids is 6. The van der Waals surface area contributed by atoms with Crippen molar-refractivity contribution < 1.29 is 171 Å². The Labute approximate surface area is 855 Å². The second-order valence-corrected chi connectivity index (χ2v) is 35.3. The molecule has 145 heavy (non-hydrogen) atoms. The molecule has 43 nitrogen and oxygen atoms in total. The molecule has 30 atom stereocenters. The molecule has 0 spiro atoms. The number of esters is 6. The van der Waals surface area contributed by atoms with Gasteiger partial charge in [-0.3, -0.25) is 24.6 Å². The highest BCUT2D eigenvalue weighted by atomic mass is 35.6. The summed E-state index contributed by atoms with van der Waals surface area (Å²) in [6, 6.07) is 52.6. The van der Waals surface area contributed by atoms with Crippen molar-refractivity contribution in [2.75, 3.05) is 90.4 Å². The fraction of sp³-hybridized carbons (Fsp3) is 0.566. The van der Waals surface area contributed by atoms with Gasteiger partial charge in [-0.2, -0.15) is 0 Å². The molecule has 46 heteroatoms. The number of alkyl halides is 3. The monoisotopic (exact) mass is 2100 g/mol. The predicted molar refractivity (Wildman–Crippen MR) is 512 cm³/mol. The zero-order valence-electron chi connectivity index (χ0n) is 80.7. The van der Waals surface area contributed by atoms with Crippen LogP contribution in [-0.2, 0) is 211 Å². The van der Waals surface area contributed by atoms with E-state index in [2.05, 4.69) is 20.1 Å². The summed E-state index contributed by atoms with van der Waals surface area (Å²) >= 11 is 16.8. The van der Waals surface area contributed by atoms with Crippen molar-refractivity contribution in [2.45, 2.75) is 270 Å². The molecule has 6 fully saturated rings. The van der Waals surface area contributed by atoms with Gasteiger partial charge in [-0.25, -0.2) is 9.59 Å². The lowest BCUT2D eigenvalue weighted by Gasteiger charge is -2.51. The minimum Gasteiger partial charge on any atom is -0.463 e. The Hall–Kier alpha value is -9.82. The van der Waals surface area contributed by atoms with Gasteiger partial charge in [0, 0.05) is 102 Å². The number of nitrogens with one attached hydrogen (secondary N) is 1. The minimum atomic E-state index is -2.14. The van der Waals surface area contributed by atoms with Crippen LogP contribution < -0.4 is 0 Å². The van der Waals surface area contributed by atoms with Crippen molar-refractivity contribution in [1.29, 1.82) is 5.41 Å². The number of nitrogens with zero attached hydrogens (tertiary/aromatic N) is 6. The van der Waals surface area contributed by atoms with Crippen LogP contribution in [0.3, 0.4) is 0 Å². The van der Waals surface area contributed by atoms with Crippen LogP contribution >= 0.6 is 34.8 Å². The quantitative estimate of drug-likeness (QED) is 0.00542. The van der Waals surface area contributed by atoms with Crippen LogP contribution in [0.2, 0.25) is 0 Å². The van der Waals surface area contributed by atoms with Crippen molar-refractivity contribution >= 4 is 76.5 Å². The highest BCUT2D eigenvalue weighted by molar-refractivity contribution is 6.76. The lowest BCUT2D eigenvalue weighted by atomic mass is 9.94. The number of rotatable bonds is 46. The molecule has 6 aliphatic rings. The van der Waals surface area contributed by atoms with Crippen LogP contribution in [0.15, 0.2) is 192 Å². The van der Waals surface area contributed by atoms with Crippen LogP contribution in [0.4, 0.5) is 0 Å². The molecule has 13 unspecified atom stereocenters. The van der Waals surface area contributed by atoms with E-state index in [1.807, 2.05) is 97.1 Å². The van der Waals surface area contributed by atoms with E-state index in [1.54, 1.807) is 84.9 Å². The van der Waals surface area contributed by atoms with Crippen molar-refractivity contribution in [2.24, 2.45) is 10.2 Å². The smallest absolute Gasteiger partial charge is 0.338 e. The third-order valence-electron chi connectivity index (χ3n) is 23.7. The van der Waals surface area contributed by atoms with E-state index >= 15 is 9.59 Å². The lowest BCUT2D eigenvalue weighted by Crippen LogP contribution is -2.69. The van der Waals surface area contributed by atoms with Crippen LogP contribution in [0.1, 0.15) is 75.9 Å². The van der Waals surface area contributed by atoms with E-state index in [0.717, 1.165) is 30.5 Å². The fourth-order valence-corrected chi connectivity index (χ4v) is 17.1. The lowest BCUT2D eigenvalue weighted by molar-refractivity contribution is -0.394. The van der Waals surface area contributed by atoms with Gasteiger partial charge >= 0.3 is 35.8 Å². The number of benzene rings is 6. The molecule has 12 rings (SSSR count). The highest BCUT2D eigenvalue weighted by Crippen LogP contribution is 2.43. The SMILES string of the molecule is C.C.COC1C(OC)[C@H](O[C@H]2O[C@@H](COC(C)=O)[C@@H](O[C@@H]3OC(C(=O)OCc4ccccc4)[C@@H](O[C@@H]4OC(COC(C)=O)[C@@H](OC)[C@H](OC)C4N=[N+]=[N-])[C@H](OC)C3OC)C(OC(C)=O)C2OCc2ccccc2)[C@H](C(=O)OCc2ccccc2)O[C@@H]1O[C@@H]1C(COCc2ccccc2)O[C@H](OC)C(OCc2ccccc2)[C@H]1OCc1ccccc1.CO[C@@H]1C(COC(C)=O)OC(OC(=N)C(Cl)(Cl)Cl)C(N=[N+]=[N-])[C@H]1OC. The molecule has 0 saturated carbocycles. The molecule has 0 aliphatic carbocycles. The van der Waals surface area contributed by atoms with Crippen molar-refractivity contribution in [3.05, 3.63) is 236 Å². The Morgan fingerprint density at radius 2 is 0.607 bits per heavy atom. The molecule has 0 radical (unpaired) electrons. The normalized spacial score (nSPS) is 30.2. The van der Waals surface area contributed by atoms with E-state index < -0.39 is 236 Å². The van der Waals surface area contributed by atoms with E-state index in [9.17, 15) is 24.7 Å². The fourth-order valence-electron chi connectivity index (χ4n) is 17.0. The Kier molecular flexibility index (Phi) is 49.1. The molecule has 6 saturated heterocycles. The summed E-state index contributed by atoms with van der Waals surface area (Å²) in [7, 11) is 12.2. The Morgan fingerprint density at radius 1 is 0.310 bits per heavy atom. The number of carbonyl (C=O) groups is 6. The number of hydrogen-bond acceptors (Lipinski definition) is 39. The van der Waals surface area contributed by atoms with E-state index in [4.69, 9.17) is 188 Å². The second-order valence-electron chi connectivity index (χ2n) is 33.1. The van der Waals surface area contributed by atoms with Crippen LogP contribution in [0, 0.1) is 5.41 Å². The maximum absolute atomic E-state index is 15.6. The van der Waals surface area contributed by atoms with Gasteiger partial charge in [-0.05, 0) is 44.4 Å². The average Bonchev–Trinajstić information content (AvgIpc) is 0.743. The highest BCUT2D eigenvalue weighted by Gasteiger charge is 2.62. The molecule has 6 aromatic carbocycles. The Morgan fingerprint density at radius 3 is 0.959 bits per heavy atom. The molecule has 0 bridgehead atoms. The molecule has 0 amide bonds. The second kappa shape index (κ2) is 60.0. The van der Waals surface area contributed by atoms with E-state index in [1.165, 1.54) is 77.8 Å². The third kappa shape index (κ3) is 33.1. The summed E-state index contributed by atoms with van der Waals surface area (Å²) in [4.78, 5) is 87.2. The van der Waals surface area contributed by atoms with Crippen molar-refractivity contribution in [3.8, 4) is 0 Å². The average molecular weight is 2100 g/mol. The van der Waals surface area contributed by atoms with Crippen LogP contribution in [0.25, 0.3) is 20.9 Å².